The molecule has 5 heteroatoms. The number of hydrogen-bond acceptors (Lipinski definition) is 5. The maximum Gasteiger partial charge on any atom is 0.373 e. The molecular formula is C15H21NO3S. The minimum Gasteiger partial charge on any atom is -0.329 e. The normalized spacial score (nSPS) is 10.2. The molecule has 0 aromatic heterocycles. The first-order chi connectivity index (χ1) is 9.34. The number of carbonyl (C=O) groups is 1. The second kappa shape index (κ2) is 9.48. The number of carbonyl (C=O) groups excluding carboxylic acids is 3. The molecule has 0 heterocycles. The van der Waals surface area contributed by atoms with Gasteiger partial charge in [0.25, 0.3) is 0 Å². The first kappa shape index (κ1) is 18.6. The molecule has 2 N–H and O–H groups in total. The lowest BCUT2D eigenvalue weighted by Gasteiger charge is -2.20. The van der Waals surface area contributed by atoms with E-state index < -0.39 is 0 Å². The van der Waals surface area contributed by atoms with Crippen LogP contribution in [0, 0.1) is 6.92 Å². The molecule has 0 atom stereocenters. The number of thioether (sulfide) groups is 1. The van der Waals surface area contributed by atoms with E-state index in [9.17, 15) is 4.79 Å². The van der Waals surface area contributed by atoms with Crippen LogP contribution in [0.1, 0.15) is 25.0 Å². The average molecular weight is 295 g/mol. The fraction of sp³-hybridized carbons (Fsp3) is 0.467. The highest BCUT2D eigenvalue weighted by Crippen LogP contribution is 2.23. The van der Waals surface area contributed by atoms with Crippen molar-refractivity contribution in [3.8, 4) is 0 Å². The highest BCUT2D eigenvalue weighted by atomic mass is 32.2. The lowest BCUT2D eigenvalue weighted by molar-refractivity contribution is -0.191. The number of hydrogen-bond donors (Lipinski definition) is 1. The summed E-state index contributed by atoms with van der Waals surface area (Å²) in [6, 6.07) is 8.12. The van der Waals surface area contributed by atoms with E-state index in [1.165, 1.54) is 5.56 Å². The van der Waals surface area contributed by atoms with Crippen molar-refractivity contribution in [1.29, 1.82) is 0 Å². The Morgan fingerprint density at radius 1 is 1.25 bits per heavy atom. The molecule has 20 heavy (non-hydrogen) atoms. The summed E-state index contributed by atoms with van der Waals surface area (Å²) < 4.78 is -0.0110. The second-order valence-corrected chi connectivity index (χ2v) is 6.72. The van der Waals surface area contributed by atoms with E-state index in [0.717, 1.165) is 5.56 Å². The molecule has 0 fully saturated rings. The Bertz CT molecular complexity index is 449. The lowest BCUT2D eigenvalue weighted by Crippen LogP contribution is -2.28. The monoisotopic (exact) mass is 295 g/mol. The van der Waals surface area contributed by atoms with E-state index in [2.05, 4.69) is 13.8 Å². The highest BCUT2D eigenvalue weighted by Gasteiger charge is 2.17. The van der Waals surface area contributed by atoms with Crippen molar-refractivity contribution in [2.24, 2.45) is 5.73 Å². The summed E-state index contributed by atoms with van der Waals surface area (Å²) in [6.45, 7) is 6.77. The number of ketones is 1. The van der Waals surface area contributed by atoms with Gasteiger partial charge in [-0.25, -0.2) is 0 Å². The van der Waals surface area contributed by atoms with Gasteiger partial charge >= 0.3 is 6.15 Å². The van der Waals surface area contributed by atoms with Crippen LogP contribution in [0.15, 0.2) is 24.3 Å². The van der Waals surface area contributed by atoms with Crippen molar-refractivity contribution >= 4 is 23.7 Å². The zero-order chi connectivity index (χ0) is 15.6. The van der Waals surface area contributed by atoms with Gasteiger partial charge in [0.1, 0.15) is 5.78 Å². The van der Waals surface area contributed by atoms with E-state index in [-0.39, 0.29) is 16.7 Å². The van der Waals surface area contributed by atoms with Crippen LogP contribution in [0.4, 0.5) is 0 Å². The van der Waals surface area contributed by atoms with Crippen molar-refractivity contribution in [1.82, 2.24) is 0 Å². The van der Waals surface area contributed by atoms with Gasteiger partial charge in [0, 0.05) is 17.7 Å². The Morgan fingerprint density at radius 2 is 1.75 bits per heavy atom. The predicted octanol–water partition coefficient (Wildman–Crippen LogP) is 1.99. The zero-order valence-corrected chi connectivity index (χ0v) is 13.0. The Balaban J connectivity index is 0.00000110. The highest BCUT2D eigenvalue weighted by molar-refractivity contribution is 8.01. The quantitative estimate of drug-likeness (QED) is 0.868. The number of nitrogens with two attached hydrogens (primary N) is 1. The van der Waals surface area contributed by atoms with Gasteiger partial charge in [-0.05, 0) is 26.3 Å². The topological polar surface area (TPSA) is 77.2 Å². The molecule has 110 valence electrons. The third-order valence-corrected chi connectivity index (χ3v) is 4.05. The summed E-state index contributed by atoms with van der Waals surface area (Å²) >= 11 is 1.63. The molecule has 0 unspecified atom stereocenters. The van der Waals surface area contributed by atoms with E-state index >= 15 is 0 Å². The van der Waals surface area contributed by atoms with Crippen LogP contribution in [0.5, 0.6) is 0 Å². The average Bonchev–Trinajstić information content (AvgIpc) is 2.40. The smallest absolute Gasteiger partial charge is 0.329 e. The Morgan fingerprint density at radius 3 is 2.20 bits per heavy atom. The number of aryl methyl sites for hydroxylation is 1. The molecule has 0 saturated carbocycles. The summed E-state index contributed by atoms with van der Waals surface area (Å²) in [5.41, 5.74) is 7.94. The Hall–Kier alpha value is -1.42. The molecule has 1 rings (SSSR count). The molecule has 0 aliphatic rings. The Kier molecular flexibility index (Phi) is 8.81. The second-order valence-electron chi connectivity index (χ2n) is 5.04. The molecular weight excluding hydrogens is 274 g/mol. The number of benzene rings is 1. The Labute approximate surface area is 124 Å². The van der Waals surface area contributed by atoms with Gasteiger partial charge in [-0.2, -0.15) is 9.59 Å². The van der Waals surface area contributed by atoms with Gasteiger partial charge in [-0.15, -0.1) is 11.8 Å². The van der Waals surface area contributed by atoms with Gasteiger partial charge in [0.05, 0.1) is 5.75 Å². The van der Waals surface area contributed by atoms with E-state index in [0.29, 0.717) is 18.7 Å². The number of rotatable bonds is 6. The maximum absolute atomic E-state index is 11.8. The number of Topliss-reactive ketones (excluding diaryl/α,β-unsaturated/α-hetero) is 1. The van der Waals surface area contributed by atoms with Crippen molar-refractivity contribution in [3.63, 3.8) is 0 Å². The molecule has 0 aliphatic carbocycles. The molecule has 0 saturated heterocycles. The minimum absolute atomic E-state index is 0.0110. The molecule has 0 bridgehead atoms. The SMILES string of the molecule is Cc1ccc(CC(=O)CSC(C)(C)CN)cc1.O=C=O. The molecule has 1 aromatic carbocycles. The fourth-order valence-electron chi connectivity index (χ4n) is 1.32. The van der Waals surface area contributed by atoms with Crippen LogP contribution in [-0.2, 0) is 20.8 Å². The fourth-order valence-corrected chi connectivity index (χ4v) is 2.09. The molecule has 4 nitrogen and oxygen atoms in total. The van der Waals surface area contributed by atoms with Crippen molar-refractivity contribution < 1.29 is 14.4 Å². The first-order valence-corrected chi connectivity index (χ1v) is 7.23. The van der Waals surface area contributed by atoms with Crippen LogP contribution >= 0.6 is 11.8 Å². The van der Waals surface area contributed by atoms with Crippen LogP contribution in [-0.4, -0.2) is 29.0 Å². The standard InChI is InChI=1S/C14H21NOS.CO2/c1-11-4-6-12(7-5-11)8-13(16)9-17-14(2,3)10-15;2-1-3/h4-7H,8-10,15H2,1-3H3;. The van der Waals surface area contributed by atoms with Gasteiger partial charge < -0.3 is 5.73 Å². The molecule has 0 spiro atoms. The van der Waals surface area contributed by atoms with Crippen molar-refractivity contribution in [2.75, 3.05) is 12.3 Å². The summed E-state index contributed by atoms with van der Waals surface area (Å²) in [7, 11) is 0. The van der Waals surface area contributed by atoms with Crippen LogP contribution in [0.2, 0.25) is 0 Å². The van der Waals surface area contributed by atoms with Crippen molar-refractivity contribution in [2.45, 2.75) is 31.9 Å². The van der Waals surface area contributed by atoms with Gasteiger partial charge in [-0.3, -0.25) is 4.79 Å². The zero-order valence-electron chi connectivity index (χ0n) is 12.1. The minimum atomic E-state index is -0.0110. The summed E-state index contributed by atoms with van der Waals surface area (Å²) in [5, 5.41) is 0. The van der Waals surface area contributed by atoms with E-state index in [4.69, 9.17) is 15.3 Å². The lowest BCUT2D eigenvalue weighted by atomic mass is 10.1. The van der Waals surface area contributed by atoms with E-state index in [1.807, 2.05) is 31.2 Å². The molecule has 0 amide bonds. The van der Waals surface area contributed by atoms with E-state index in [1.54, 1.807) is 11.8 Å². The van der Waals surface area contributed by atoms with Crippen molar-refractivity contribution in [3.05, 3.63) is 35.4 Å². The summed E-state index contributed by atoms with van der Waals surface area (Å²) in [6.07, 6.45) is 0.772. The van der Waals surface area contributed by atoms with Gasteiger partial charge in [0.15, 0.2) is 0 Å². The summed E-state index contributed by atoms with van der Waals surface area (Å²) in [5.74, 6) is 0.804. The maximum atomic E-state index is 11.8. The largest absolute Gasteiger partial charge is 0.373 e. The first-order valence-electron chi connectivity index (χ1n) is 6.25. The molecule has 0 aliphatic heterocycles. The third-order valence-electron chi connectivity index (χ3n) is 2.64. The van der Waals surface area contributed by atoms with Crippen LogP contribution < -0.4 is 5.73 Å². The van der Waals surface area contributed by atoms with Gasteiger partial charge in [0.2, 0.25) is 0 Å². The molecule has 1 aromatic rings. The van der Waals surface area contributed by atoms with Gasteiger partial charge in [-0.1, -0.05) is 29.8 Å². The van der Waals surface area contributed by atoms with Crippen LogP contribution in [0.25, 0.3) is 0 Å². The molecule has 0 radical (unpaired) electrons. The van der Waals surface area contributed by atoms with Crippen LogP contribution in [0.3, 0.4) is 0 Å². The third kappa shape index (κ3) is 8.64. The predicted molar refractivity (Wildman–Crippen MR) is 80.5 cm³/mol. The summed E-state index contributed by atoms with van der Waals surface area (Å²) in [4.78, 5) is 28.0.